The van der Waals surface area contributed by atoms with Gasteiger partial charge in [-0.05, 0) is 26.2 Å². The summed E-state index contributed by atoms with van der Waals surface area (Å²) in [5.41, 5.74) is 7.71. The average Bonchev–Trinajstić information content (AvgIpc) is 2.70. The Kier molecular flexibility index (Phi) is 5.08. The van der Waals surface area contributed by atoms with Gasteiger partial charge in [-0.3, -0.25) is 4.79 Å². The monoisotopic (exact) mass is 256 g/mol. The topological polar surface area (TPSA) is 76.2 Å². The van der Waals surface area contributed by atoms with Crippen LogP contribution < -0.4 is 5.73 Å². The van der Waals surface area contributed by atoms with Crippen molar-refractivity contribution in [2.24, 2.45) is 11.1 Å². The highest BCUT2D eigenvalue weighted by molar-refractivity contribution is 7.09. The standard InChI is InChI=1S/C12H20N2O2S/c1-3-5-12(7-13,11(15)16)6-4-10-9(2)14-8-17-10/h8H,3-7,13H2,1-2H3,(H,15,16). The van der Waals surface area contributed by atoms with Crippen molar-refractivity contribution in [1.29, 1.82) is 0 Å². The summed E-state index contributed by atoms with van der Waals surface area (Å²) in [5.74, 6) is -0.774. The fourth-order valence-electron chi connectivity index (χ4n) is 2.03. The maximum Gasteiger partial charge on any atom is 0.310 e. The molecule has 1 atom stereocenters. The number of hydrogen-bond donors (Lipinski definition) is 2. The van der Waals surface area contributed by atoms with Crippen molar-refractivity contribution in [3.63, 3.8) is 0 Å². The van der Waals surface area contributed by atoms with Gasteiger partial charge < -0.3 is 10.8 Å². The number of aromatic nitrogens is 1. The predicted molar refractivity (Wildman–Crippen MR) is 69.2 cm³/mol. The lowest BCUT2D eigenvalue weighted by Crippen LogP contribution is -2.39. The third kappa shape index (κ3) is 3.26. The Bertz CT molecular complexity index is 378. The number of aryl methyl sites for hydroxylation is 2. The van der Waals surface area contributed by atoms with Crippen molar-refractivity contribution >= 4 is 17.3 Å². The van der Waals surface area contributed by atoms with E-state index in [1.165, 1.54) is 4.88 Å². The first kappa shape index (κ1) is 14.1. The van der Waals surface area contributed by atoms with Gasteiger partial charge in [0.1, 0.15) is 0 Å². The number of carbonyl (C=O) groups is 1. The Morgan fingerprint density at radius 2 is 2.29 bits per heavy atom. The third-order valence-corrected chi connectivity index (χ3v) is 4.24. The Morgan fingerprint density at radius 3 is 2.71 bits per heavy atom. The number of nitrogens with two attached hydrogens (primary N) is 1. The van der Waals surface area contributed by atoms with Gasteiger partial charge in [0, 0.05) is 11.4 Å². The first-order valence-electron chi connectivity index (χ1n) is 5.88. The highest BCUT2D eigenvalue weighted by Crippen LogP contribution is 2.30. The second-order valence-electron chi connectivity index (χ2n) is 4.40. The smallest absolute Gasteiger partial charge is 0.310 e. The molecule has 1 heterocycles. The van der Waals surface area contributed by atoms with Crippen LogP contribution in [0, 0.1) is 12.3 Å². The van der Waals surface area contributed by atoms with Crippen LogP contribution in [0.25, 0.3) is 0 Å². The van der Waals surface area contributed by atoms with Gasteiger partial charge >= 0.3 is 5.97 Å². The second kappa shape index (κ2) is 6.12. The van der Waals surface area contributed by atoms with Gasteiger partial charge in [-0.15, -0.1) is 11.3 Å². The summed E-state index contributed by atoms with van der Waals surface area (Å²) in [6.45, 7) is 4.15. The van der Waals surface area contributed by atoms with Gasteiger partial charge in [-0.1, -0.05) is 13.3 Å². The van der Waals surface area contributed by atoms with Crippen molar-refractivity contribution in [1.82, 2.24) is 4.98 Å². The maximum atomic E-state index is 11.4. The van der Waals surface area contributed by atoms with Crippen molar-refractivity contribution in [3.8, 4) is 0 Å². The Labute approximate surface area is 106 Å². The molecule has 96 valence electrons. The number of thiazole rings is 1. The third-order valence-electron chi connectivity index (χ3n) is 3.25. The molecule has 1 aromatic heterocycles. The minimum Gasteiger partial charge on any atom is -0.481 e. The van der Waals surface area contributed by atoms with Gasteiger partial charge in [0.25, 0.3) is 0 Å². The van der Waals surface area contributed by atoms with E-state index in [1.807, 2.05) is 13.8 Å². The van der Waals surface area contributed by atoms with Crippen LogP contribution in [-0.2, 0) is 11.2 Å². The van der Waals surface area contributed by atoms with Crippen molar-refractivity contribution in [2.75, 3.05) is 6.54 Å². The Morgan fingerprint density at radius 1 is 1.59 bits per heavy atom. The predicted octanol–water partition coefficient (Wildman–Crippen LogP) is 2.21. The number of carboxylic acid groups (broad SMARTS) is 1. The number of rotatable bonds is 7. The van der Waals surface area contributed by atoms with E-state index >= 15 is 0 Å². The maximum absolute atomic E-state index is 11.4. The fourth-order valence-corrected chi connectivity index (χ4v) is 2.81. The molecule has 4 nitrogen and oxygen atoms in total. The largest absolute Gasteiger partial charge is 0.481 e. The van der Waals surface area contributed by atoms with Crippen LogP contribution in [0.2, 0.25) is 0 Å². The van der Waals surface area contributed by atoms with E-state index in [1.54, 1.807) is 16.8 Å². The molecule has 0 radical (unpaired) electrons. The SMILES string of the molecule is CCCC(CN)(CCc1scnc1C)C(=O)O. The molecule has 0 fully saturated rings. The molecular weight excluding hydrogens is 236 g/mol. The quantitative estimate of drug-likeness (QED) is 0.784. The highest BCUT2D eigenvalue weighted by Gasteiger charge is 2.35. The summed E-state index contributed by atoms with van der Waals surface area (Å²) in [6.07, 6.45) is 2.82. The molecule has 0 amide bonds. The first-order chi connectivity index (χ1) is 8.05. The molecule has 1 rings (SSSR count). The van der Waals surface area contributed by atoms with E-state index in [4.69, 9.17) is 5.73 Å². The second-order valence-corrected chi connectivity index (χ2v) is 5.34. The molecule has 1 aromatic rings. The van der Waals surface area contributed by atoms with E-state index in [0.717, 1.165) is 18.5 Å². The Balaban J connectivity index is 2.73. The summed E-state index contributed by atoms with van der Waals surface area (Å²) in [7, 11) is 0. The summed E-state index contributed by atoms with van der Waals surface area (Å²) in [4.78, 5) is 16.7. The molecule has 0 bridgehead atoms. The minimum absolute atomic E-state index is 0.202. The Hall–Kier alpha value is -0.940. The molecule has 17 heavy (non-hydrogen) atoms. The molecule has 0 spiro atoms. The number of nitrogens with zero attached hydrogens (tertiary/aromatic N) is 1. The van der Waals surface area contributed by atoms with Crippen LogP contribution >= 0.6 is 11.3 Å². The van der Waals surface area contributed by atoms with Gasteiger partial charge in [0.2, 0.25) is 0 Å². The molecule has 0 saturated heterocycles. The molecule has 0 aliphatic rings. The van der Waals surface area contributed by atoms with Crippen molar-refractivity contribution < 1.29 is 9.90 Å². The molecule has 0 saturated carbocycles. The van der Waals surface area contributed by atoms with Gasteiger partial charge in [-0.2, -0.15) is 0 Å². The van der Waals surface area contributed by atoms with Crippen LogP contribution in [-0.4, -0.2) is 22.6 Å². The lowest BCUT2D eigenvalue weighted by Gasteiger charge is -2.27. The summed E-state index contributed by atoms with van der Waals surface area (Å²) < 4.78 is 0. The lowest BCUT2D eigenvalue weighted by molar-refractivity contribution is -0.149. The average molecular weight is 256 g/mol. The number of carboxylic acids is 1. The summed E-state index contributed by atoms with van der Waals surface area (Å²) in [6, 6.07) is 0. The van der Waals surface area contributed by atoms with Crippen LogP contribution in [0.5, 0.6) is 0 Å². The van der Waals surface area contributed by atoms with Crippen LogP contribution in [0.1, 0.15) is 36.8 Å². The van der Waals surface area contributed by atoms with Crippen molar-refractivity contribution in [2.45, 2.75) is 39.5 Å². The lowest BCUT2D eigenvalue weighted by atomic mass is 9.79. The van der Waals surface area contributed by atoms with Gasteiger partial charge in [0.15, 0.2) is 0 Å². The van der Waals surface area contributed by atoms with Crippen molar-refractivity contribution in [3.05, 3.63) is 16.1 Å². The number of aliphatic carboxylic acids is 1. The van der Waals surface area contributed by atoms with Crippen LogP contribution in [0.3, 0.4) is 0 Å². The van der Waals surface area contributed by atoms with Crippen LogP contribution in [0.15, 0.2) is 5.51 Å². The van der Waals surface area contributed by atoms with E-state index in [0.29, 0.717) is 12.8 Å². The normalized spacial score (nSPS) is 14.5. The molecule has 0 aromatic carbocycles. The molecule has 3 N–H and O–H groups in total. The number of hydrogen-bond acceptors (Lipinski definition) is 4. The van der Waals surface area contributed by atoms with E-state index < -0.39 is 11.4 Å². The van der Waals surface area contributed by atoms with Gasteiger partial charge in [-0.25, -0.2) is 4.98 Å². The zero-order valence-corrected chi connectivity index (χ0v) is 11.2. The summed E-state index contributed by atoms with van der Waals surface area (Å²) >= 11 is 1.59. The molecule has 5 heteroatoms. The minimum atomic E-state index is -0.774. The van der Waals surface area contributed by atoms with Gasteiger partial charge in [0.05, 0.1) is 16.6 Å². The fraction of sp³-hybridized carbons (Fsp3) is 0.667. The zero-order valence-electron chi connectivity index (χ0n) is 10.4. The van der Waals surface area contributed by atoms with E-state index in [-0.39, 0.29) is 6.54 Å². The van der Waals surface area contributed by atoms with E-state index in [9.17, 15) is 9.90 Å². The molecule has 0 aliphatic carbocycles. The molecule has 1 unspecified atom stereocenters. The van der Waals surface area contributed by atoms with E-state index in [2.05, 4.69) is 4.98 Å². The zero-order chi connectivity index (χ0) is 12.9. The first-order valence-corrected chi connectivity index (χ1v) is 6.76. The molecule has 0 aliphatic heterocycles. The molecular formula is C12H20N2O2S. The van der Waals surface area contributed by atoms with Crippen LogP contribution in [0.4, 0.5) is 0 Å². The highest BCUT2D eigenvalue weighted by atomic mass is 32.1. The summed E-state index contributed by atoms with van der Waals surface area (Å²) in [5, 5.41) is 9.36.